The molecule has 4 heteroatoms. The molecule has 0 radical (unpaired) electrons. The zero-order valence-corrected chi connectivity index (χ0v) is 13.3. The summed E-state index contributed by atoms with van der Waals surface area (Å²) in [5, 5.41) is 0.740. The average Bonchev–Trinajstić information content (AvgIpc) is 2.90. The summed E-state index contributed by atoms with van der Waals surface area (Å²) in [6.07, 6.45) is 2.61. The fraction of sp³-hybridized carbons (Fsp3) is 0.294. The number of fused-ring (bicyclic) bond motifs is 1. The summed E-state index contributed by atoms with van der Waals surface area (Å²) in [6, 6.07) is 8.31. The van der Waals surface area contributed by atoms with Crippen molar-refractivity contribution in [2.24, 2.45) is 0 Å². The minimum atomic E-state index is 0.0526. The molecule has 0 saturated carbocycles. The van der Waals surface area contributed by atoms with Gasteiger partial charge in [0.15, 0.2) is 0 Å². The molecular weight excluding hydrogens is 280 g/mol. The van der Waals surface area contributed by atoms with Crippen molar-refractivity contribution in [1.82, 2.24) is 9.55 Å². The molecule has 0 fully saturated rings. The van der Waals surface area contributed by atoms with Crippen molar-refractivity contribution in [2.75, 3.05) is 0 Å². The lowest BCUT2D eigenvalue weighted by atomic mass is 10.1. The third-order valence-electron chi connectivity index (χ3n) is 3.76. The molecule has 21 heavy (non-hydrogen) atoms. The Morgan fingerprint density at radius 1 is 1.24 bits per heavy atom. The Balaban J connectivity index is 2.06. The van der Waals surface area contributed by atoms with Crippen molar-refractivity contribution in [2.45, 2.75) is 33.7 Å². The molecule has 108 valence electrons. The number of benzene rings is 1. The Kier molecular flexibility index (Phi) is 3.64. The van der Waals surface area contributed by atoms with Crippen LogP contribution in [0.2, 0.25) is 0 Å². The third kappa shape index (κ3) is 2.63. The lowest BCUT2D eigenvalue weighted by Gasteiger charge is -2.09. The summed E-state index contributed by atoms with van der Waals surface area (Å²) < 4.78 is 1.70. The van der Waals surface area contributed by atoms with E-state index in [1.165, 1.54) is 21.6 Å². The number of thiophene rings is 1. The number of hydrogen-bond donors (Lipinski definition) is 0. The molecule has 0 saturated heterocycles. The van der Waals surface area contributed by atoms with Crippen molar-refractivity contribution in [1.29, 1.82) is 0 Å². The van der Waals surface area contributed by atoms with E-state index in [4.69, 9.17) is 0 Å². The molecule has 2 heterocycles. The molecule has 3 aromatic rings. The Hall–Kier alpha value is -1.94. The standard InChI is InChI=1S/C17H18N2OS/c1-4-14-8-15-16(21-14)18-10-19(17(15)20)9-13-7-11(2)5-6-12(13)3/h5-8,10H,4,9H2,1-3H3. The van der Waals surface area contributed by atoms with Crippen LogP contribution in [0.25, 0.3) is 10.2 Å². The van der Waals surface area contributed by atoms with Gasteiger partial charge in [-0.2, -0.15) is 0 Å². The molecule has 0 unspecified atom stereocenters. The van der Waals surface area contributed by atoms with E-state index in [0.717, 1.165) is 16.6 Å². The molecule has 0 atom stereocenters. The molecule has 0 N–H and O–H groups in total. The van der Waals surface area contributed by atoms with Crippen molar-refractivity contribution in [3.8, 4) is 0 Å². The van der Waals surface area contributed by atoms with Crippen LogP contribution < -0.4 is 5.56 Å². The van der Waals surface area contributed by atoms with Gasteiger partial charge in [0.25, 0.3) is 5.56 Å². The molecule has 2 aromatic heterocycles. The summed E-state index contributed by atoms with van der Waals surface area (Å²) in [5.74, 6) is 0. The van der Waals surface area contributed by atoms with Crippen molar-refractivity contribution >= 4 is 21.6 Å². The second-order valence-electron chi connectivity index (χ2n) is 5.39. The van der Waals surface area contributed by atoms with Crippen LogP contribution in [0.5, 0.6) is 0 Å². The molecule has 0 bridgehead atoms. The number of nitrogens with zero attached hydrogens (tertiary/aromatic N) is 2. The van der Waals surface area contributed by atoms with Gasteiger partial charge in [0.2, 0.25) is 0 Å². The number of aromatic nitrogens is 2. The van der Waals surface area contributed by atoms with Crippen molar-refractivity contribution < 1.29 is 0 Å². The fourth-order valence-electron chi connectivity index (χ4n) is 2.45. The number of aryl methyl sites for hydroxylation is 3. The van der Waals surface area contributed by atoms with Crippen LogP contribution in [-0.2, 0) is 13.0 Å². The Morgan fingerprint density at radius 2 is 2.05 bits per heavy atom. The van der Waals surface area contributed by atoms with E-state index in [-0.39, 0.29) is 5.56 Å². The number of rotatable bonds is 3. The van der Waals surface area contributed by atoms with Gasteiger partial charge in [0.1, 0.15) is 4.83 Å². The van der Waals surface area contributed by atoms with Crippen LogP contribution in [0.4, 0.5) is 0 Å². The van der Waals surface area contributed by atoms with Crippen LogP contribution in [0.3, 0.4) is 0 Å². The zero-order valence-electron chi connectivity index (χ0n) is 12.5. The van der Waals surface area contributed by atoms with Crippen LogP contribution in [0.15, 0.2) is 35.4 Å². The van der Waals surface area contributed by atoms with Crippen LogP contribution >= 0.6 is 11.3 Å². The zero-order chi connectivity index (χ0) is 15.0. The van der Waals surface area contributed by atoms with Gasteiger partial charge in [0.05, 0.1) is 18.3 Å². The third-order valence-corrected chi connectivity index (χ3v) is 4.95. The molecule has 0 aliphatic carbocycles. The predicted octanol–water partition coefficient (Wildman–Crippen LogP) is 3.69. The van der Waals surface area contributed by atoms with Gasteiger partial charge in [-0.3, -0.25) is 9.36 Å². The van der Waals surface area contributed by atoms with Gasteiger partial charge in [-0.05, 0) is 37.5 Å². The van der Waals surface area contributed by atoms with E-state index in [1.807, 2.05) is 6.07 Å². The number of hydrogen-bond acceptors (Lipinski definition) is 3. The van der Waals surface area contributed by atoms with E-state index in [1.54, 1.807) is 22.2 Å². The predicted molar refractivity (Wildman–Crippen MR) is 88.3 cm³/mol. The first-order valence-corrected chi connectivity index (χ1v) is 7.94. The maximum Gasteiger partial charge on any atom is 0.262 e. The first kappa shape index (κ1) is 14.0. The smallest absolute Gasteiger partial charge is 0.262 e. The van der Waals surface area contributed by atoms with Gasteiger partial charge < -0.3 is 0 Å². The monoisotopic (exact) mass is 298 g/mol. The molecule has 0 aliphatic heterocycles. The second kappa shape index (κ2) is 5.45. The molecule has 0 aliphatic rings. The average molecular weight is 298 g/mol. The van der Waals surface area contributed by atoms with Crippen LogP contribution in [0, 0.1) is 13.8 Å². The highest BCUT2D eigenvalue weighted by atomic mass is 32.1. The van der Waals surface area contributed by atoms with Gasteiger partial charge in [-0.25, -0.2) is 4.98 Å². The topological polar surface area (TPSA) is 34.9 Å². The lowest BCUT2D eigenvalue weighted by molar-refractivity contribution is 0.745. The largest absolute Gasteiger partial charge is 0.294 e. The van der Waals surface area contributed by atoms with Crippen molar-refractivity contribution in [3.63, 3.8) is 0 Å². The summed E-state index contributed by atoms with van der Waals surface area (Å²) in [6.45, 7) is 6.82. The highest BCUT2D eigenvalue weighted by Gasteiger charge is 2.09. The van der Waals surface area contributed by atoms with E-state index in [9.17, 15) is 4.79 Å². The summed E-state index contributed by atoms with van der Waals surface area (Å²) in [4.78, 5) is 19.1. The molecule has 1 aromatic carbocycles. The van der Waals surface area contributed by atoms with Gasteiger partial charge in [0, 0.05) is 4.88 Å². The minimum absolute atomic E-state index is 0.0526. The molecular formula is C17H18N2OS. The Labute approximate surface area is 127 Å². The van der Waals surface area contributed by atoms with Crippen LogP contribution in [-0.4, -0.2) is 9.55 Å². The van der Waals surface area contributed by atoms with E-state index in [2.05, 4.69) is 44.0 Å². The fourth-order valence-corrected chi connectivity index (χ4v) is 3.38. The SMILES string of the molecule is CCc1cc2c(=O)n(Cc3cc(C)ccc3C)cnc2s1. The highest BCUT2D eigenvalue weighted by Crippen LogP contribution is 2.21. The second-order valence-corrected chi connectivity index (χ2v) is 6.51. The lowest BCUT2D eigenvalue weighted by Crippen LogP contribution is -2.20. The quantitative estimate of drug-likeness (QED) is 0.739. The molecule has 3 nitrogen and oxygen atoms in total. The van der Waals surface area contributed by atoms with Gasteiger partial charge in [-0.15, -0.1) is 11.3 Å². The summed E-state index contributed by atoms with van der Waals surface area (Å²) >= 11 is 1.61. The van der Waals surface area contributed by atoms with Gasteiger partial charge in [-0.1, -0.05) is 30.7 Å². The molecule has 0 amide bonds. The first-order chi connectivity index (χ1) is 10.1. The minimum Gasteiger partial charge on any atom is -0.294 e. The maximum absolute atomic E-state index is 12.6. The summed E-state index contributed by atoms with van der Waals surface area (Å²) in [5.41, 5.74) is 3.63. The molecule has 0 spiro atoms. The molecule has 3 rings (SSSR count). The van der Waals surface area contributed by atoms with E-state index < -0.39 is 0 Å². The normalized spacial score (nSPS) is 11.2. The van der Waals surface area contributed by atoms with Crippen LogP contribution in [0.1, 0.15) is 28.5 Å². The Morgan fingerprint density at radius 3 is 2.81 bits per heavy atom. The maximum atomic E-state index is 12.6. The summed E-state index contributed by atoms with van der Waals surface area (Å²) in [7, 11) is 0. The Bertz CT molecular complexity index is 861. The first-order valence-electron chi connectivity index (χ1n) is 7.12. The van der Waals surface area contributed by atoms with Crippen molar-refractivity contribution in [3.05, 3.63) is 62.5 Å². The van der Waals surface area contributed by atoms with E-state index >= 15 is 0 Å². The van der Waals surface area contributed by atoms with E-state index in [0.29, 0.717) is 6.54 Å². The van der Waals surface area contributed by atoms with Gasteiger partial charge >= 0.3 is 0 Å². The highest BCUT2D eigenvalue weighted by molar-refractivity contribution is 7.18.